The number of fused-ring (bicyclic) bond motifs is 1. The Hall–Kier alpha value is -2.56. The summed E-state index contributed by atoms with van der Waals surface area (Å²) in [5.41, 5.74) is 2.57. The molecule has 0 saturated heterocycles. The number of esters is 1. The van der Waals surface area contributed by atoms with Crippen molar-refractivity contribution in [3.63, 3.8) is 0 Å². The summed E-state index contributed by atoms with van der Waals surface area (Å²) >= 11 is 0. The third-order valence-electron chi connectivity index (χ3n) is 2.89. The standard InChI is InChI=1S/C15H14O5/c1-8(4-15(17)18)11-5-12-9(2)7-19-13(12)6-14(11)20-10(3)16/h4-7H,1-3H3,(H,17,18)/b8-4+. The highest BCUT2D eigenvalue weighted by atomic mass is 16.5. The number of benzene rings is 1. The molecule has 0 spiro atoms. The van der Waals surface area contributed by atoms with Crippen LogP contribution in [0.25, 0.3) is 16.5 Å². The van der Waals surface area contributed by atoms with E-state index >= 15 is 0 Å². The first-order valence-electron chi connectivity index (χ1n) is 6.00. The Bertz CT molecular complexity index is 721. The number of aliphatic carboxylic acids is 1. The van der Waals surface area contributed by atoms with Crippen molar-refractivity contribution in [1.82, 2.24) is 0 Å². The number of aryl methyl sites for hydroxylation is 1. The molecule has 0 amide bonds. The van der Waals surface area contributed by atoms with Gasteiger partial charge in [0.25, 0.3) is 0 Å². The van der Waals surface area contributed by atoms with Crippen LogP contribution in [0.5, 0.6) is 5.75 Å². The highest BCUT2D eigenvalue weighted by Gasteiger charge is 2.14. The molecule has 1 N–H and O–H groups in total. The number of ether oxygens (including phenoxy) is 1. The smallest absolute Gasteiger partial charge is 0.328 e. The topological polar surface area (TPSA) is 76.7 Å². The molecule has 20 heavy (non-hydrogen) atoms. The molecule has 0 aliphatic heterocycles. The maximum absolute atomic E-state index is 11.2. The van der Waals surface area contributed by atoms with Crippen molar-refractivity contribution in [1.29, 1.82) is 0 Å². The summed E-state index contributed by atoms with van der Waals surface area (Å²) in [7, 11) is 0. The van der Waals surface area contributed by atoms with Crippen LogP contribution < -0.4 is 4.74 Å². The Labute approximate surface area is 115 Å². The summed E-state index contributed by atoms with van der Waals surface area (Å²) in [6.45, 7) is 4.83. The van der Waals surface area contributed by atoms with E-state index in [1.807, 2.05) is 6.92 Å². The number of carbonyl (C=O) groups excluding carboxylic acids is 1. The average Bonchev–Trinajstić information content (AvgIpc) is 2.68. The number of carboxylic acid groups (broad SMARTS) is 1. The van der Waals surface area contributed by atoms with Gasteiger partial charge in [0.05, 0.1) is 6.26 Å². The molecule has 2 rings (SSSR count). The van der Waals surface area contributed by atoms with E-state index in [9.17, 15) is 9.59 Å². The maximum Gasteiger partial charge on any atom is 0.328 e. The number of hydrogen-bond donors (Lipinski definition) is 1. The van der Waals surface area contributed by atoms with E-state index in [0.717, 1.165) is 17.0 Å². The summed E-state index contributed by atoms with van der Waals surface area (Å²) < 4.78 is 10.5. The molecule has 1 aromatic carbocycles. The fraction of sp³-hybridized carbons (Fsp3) is 0.200. The lowest BCUT2D eigenvalue weighted by Gasteiger charge is -2.09. The highest BCUT2D eigenvalue weighted by molar-refractivity contribution is 5.94. The second-order valence-corrected chi connectivity index (χ2v) is 4.52. The van der Waals surface area contributed by atoms with Crippen molar-refractivity contribution in [2.45, 2.75) is 20.8 Å². The van der Waals surface area contributed by atoms with Crippen molar-refractivity contribution >= 4 is 28.5 Å². The van der Waals surface area contributed by atoms with E-state index in [-0.39, 0.29) is 5.75 Å². The fourth-order valence-electron chi connectivity index (χ4n) is 1.99. The molecule has 0 aliphatic rings. The van der Waals surface area contributed by atoms with Crippen LogP contribution in [0.1, 0.15) is 25.0 Å². The SMILES string of the molecule is CC(=O)Oc1cc2occ(C)c2cc1/C(C)=C/C(=O)O. The summed E-state index contributed by atoms with van der Waals surface area (Å²) in [5.74, 6) is -1.24. The van der Waals surface area contributed by atoms with Gasteiger partial charge in [-0.1, -0.05) is 0 Å². The Morgan fingerprint density at radius 1 is 1.30 bits per heavy atom. The molecule has 0 aliphatic carbocycles. The molecule has 104 valence electrons. The normalized spacial score (nSPS) is 11.7. The van der Waals surface area contributed by atoms with E-state index in [1.54, 1.807) is 25.3 Å². The average molecular weight is 274 g/mol. The lowest BCUT2D eigenvalue weighted by Crippen LogP contribution is -2.04. The molecule has 0 fully saturated rings. The predicted octanol–water partition coefficient (Wildman–Crippen LogP) is 3.15. The lowest BCUT2D eigenvalue weighted by atomic mass is 10.0. The fourth-order valence-corrected chi connectivity index (χ4v) is 1.99. The first-order valence-corrected chi connectivity index (χ1v) is 6.00. The van der Waals surface area contributed by atoms with Gasteiger partial charge in [0, 0.05) is 30.0 Å². The van der Waals surface area contributed by atoms with Gasteiger partial charge in [-0.3, -0.25) is 4.79 Å². The molecule has 1 heterocycles. The van der Waals surface area contributed by atoms with Crippen molar-refractivity contribution in [3.8, 4) is 5.75 Å². The van der Waals surface area contributed by atoms with Crippen LogP contribution in [0.15, 0.2) is 28.9 Å². The van der Waals surface area contributed by atoms with Crippen LogP contribution in [0.4, 0.5) is 0 Å². The molecular weight excluding hydrogens is 260 g/mol. The van der Waals surface area contributed by atoms with Gasteiger partial charge in [-0.15, -0.1) is 0 Å². The van der Waals surface area contributed by atoms with Crippen molar-refractivity contribution in [3.05, 3.63) is 35.6 Å². The largest absolute Gasteiger partial charge is 0.478 e. The molecular formula is C15H14O5. The number of carboxylic acids is 1. The molecule has 0 saturated carbocycles. The molecule has 2 aromatic rings. The van der Waals surface area contributed by atoms with E-state index in [4.69, 9.17) is 14.3 Å². The van der Waals surface area contributed by atoms with Gasteiger partial charge in [0.1, 0.15) is 11.3 Å². The van der Waals surface area contributed by atoms with Gasteiger partial charge in [0.15, 0.2) is 0 Å². The molecule has 0 radical (unpaired) electrons. The van der Waals surface area contributed by atoms with Gasteiger partial charge in [-0.05, 0) is 31.1 Å². The number of carbonyl (C=O) groups is 2. The Balaban J connectivity index is 2.67. The van der Waals surface area contributed by atoms with Crippen LogP contribution in [-0.4, -0.2) is 17.0 Å². The van der Waals surface area contributed by atoms with Gasteiger partial charge in [-0.25, -0.2) is 4.79 Å². The van der Waals surface area contributed by atoms with Crippen LogP contribution >= 0.6 is 0 Å². The van der Waals surface area contributed by atoms with E-state index < -0.39 is 11.9 Å². The number of rotatable bonds is 3. The van der Waals surface area contributed by atoms with E-state index in [1.165, 1.54) is 6.92 Å². The Morgan fingerprint density at radius 2 is 2.00 bits per heavy atom. The summed E-state index contributed by atoms with van der Waals surface area (Å²) in [4.78, 5) is 22.0. The van der Waals surface area contributed by atoms with Gasteiger partial charge >= 0.3 is 11.9 Å². The molecule has 5 heteroatoms. The summed E-state index contributed by atoms with van der Waals surface area (Å²) in [6.07, 6.45) is 2.67. The van der Waals surface area contributed by atoms with Crippen molar-refractivity contribution in [2.75, 3.05) is 0 Å². The minimum atomic E-state index is -1.06. The van der Waals surface area contributed by atoms with Gasteiger partial charge < -0.3 is 14.3 Å². The predicted molar refractivity (Wildman–Crippen MR) is 73.5 cm³/mol. The third-order valence-corrected chi connectivity index (χ3v) is 2.89. The number of allylic oxidation sites excluding steroid dienone is 1. The molecule has 0 bridgehead atoms. The van der Waals surface area contributed by atoms with Crippen LogP contribution in [-0.2, 0) is 9.59 Å². The monoisotopic (exact) mass is 274 g/mol. The van der Waals surface area contributed by atoms with Crippen LogP contribution in [0, 0.1) is 6.92 Å². The molecule has 5 nitrogen and oxygen atoms in total. The third kappa shape index (κ3) is 2.71. The Kier molecular flexibility index (Phi) is 3.61. The zero-order valence-corrected chi connectivity index (χ0v) is 11.4. The lowest BCUT2D eigenvalue weighted by molar-refractivity contribution is -0.132. The van der Waals surface area contributed by atoms with E-state index in [2.05, 4.69) is 0 Å². The van der Waals surface area contributed by atoms with Crippen molar-refractivity contribution < 1.29 is 23.8 Å². The van der Waals surface area contributed by atoms with Crippen LogP contribution in [0.2, 0.25) is 0 Å². The second kappa shape index (κ2) is 5.21. The quantitative estimate of drug-likeness (QED) is 0.528. The minimum absolute atomic E-state index is 0.286. The van der Waals surface area contributed by atoms with Crippen LogP contribution in [0.3, 0.4) is 0 Å². The Morgan fingerprint density at radius 3 is 2.60 bits per heavy atom. The van der Waals surface area contributed by atoms with Gasteiger partial charge in [-0.2, -0.15) is 0 Å². The molecule has 1 aromatic heterocycles. The highest BCUT2D eigenvalue weighted by Crippen LogP contribution is 2.33. The minimum Gasteiger partial charge on any atom is -0.478 e. The zero-order chi connectivity index (χ0) is 14.9. The molecule has 0 unspecified atom stereocenters. The second-order valence-electron chi connectivity index (χ2n) is 4.52. The number of furan rings is 1. The van der Waals surface area contributed by atoms with Gasteiger partial charge in [0.2, 0.25) is 0 Å². The summed E-state index contributed by atoms with van der Waals surface area (Å²) in [6, 6.07) is 3.36. The first kappa shape index (κ1) is 13.9. The zero-order valence-electron chi connectivity index (χ0n) is 11.4. The summed E-state index contributed by atoms with van der Waals surface area (Å²) in [5, 5.41) is 9.70. The maximum atomic E-state index is 11.2. The molecule has 0 atom stereocenters. The van der Waals surface area contributed by atoms with E-state index in [0.29, 0.717) is 16.7 Å². The first-order chi connectivity index (χ1) is 9.38. The number of hydrogen-bond acceptors (Lipinski definition) is 4. The van der Waals surface area contributed by atoms with Crippen molar-refractivity contribution in [2.24, 2.45) is 0 Å².